The second kappa shape index (κ2) is 3.46. The summed E-state index contributed by atoms with van der Waals surface area (Å²) in [5.41, 5.74) is 0.280. The van der Waals surface area contributed by atoms with Gasteiger partial charge in [0, 0.05) is 19.0 Å². The van der Waals surface area contributed by atoms with Crippen molar-refractivity contribution < 1.29 is 4.79 Å². The molecule has 0 aromatic carbocycles. The fraction of sp³-hybridized carbons (Fsp3) is 0.923. The number of carbonyl (C=O) groups is 1. The highest BCUT2D eigenvalue weighted by atomic mass is 16.2. The number of nitrogens with one attached hydrogen (secondary N) is 1. The van der Waals surface area contributed by atoms with E-state index in [0.717, 1.165) is 37.9 Å². The number of hydrogen-bond donors (Lipinski definition) is 1. The third-order valence-corrected chi connectivity index (χ3v) is 4.83. The first-order valence-corrected chi connectivity index (χ1v) is 6.57. The van der Waals surface area contributed by atoms with Crippen LogP contribution in [0.2, 0.25) is 0 Å². The molecule has 3 atom stereocenters. The predicted molar refractivity (Wildman–Crippen MR) is 62.9 cm³/mol. The lowest BCUT2D eigenvalue weighted by Gasteiger charge is -2.35. The van der Waals surface area contributed by atoms with E-state index < -0.39 is 0 Å². The van der Waals surface area contributed by atoms with Crippen LogP contribution in [0.1, 0.15) is 26.7 Å². The molecule has 1 amide bonds. The molecular weight excluding hydrogens is 200 g/mol. The van der Waals surface area contributed by atoms with Crippen LogP contribution in [0.4, 0.5) is 0 Å². The van der Waals surface area contributed by atoms with Crippen molar-refractivity contribution in [3.05, 3.63) is 0 Å². The van der Waals surface area contributed by atoms with Crippen molar-refractivity contribution in [1.82, 2.24) is 10.2 Å². The first-order chi connectivity index (χ1) is 7.58. The average Bonchev–Trinajstić information content (AvgIpc) is 2.72. The summed E-state index contributed by atoms with van der Waals surface area (Å²) in [6.07, 6.45) is 2.30. The van der Waals surface area contributed by atoms with Gasteiger partial charge in [0.2, 0.25) is 5.91 Å². The number of fused-ring (bicyclic) bond motifs is 1. The Kier molecular flexibility index (Phi) is 2.29. The van der Waals surface area contributed by atoms with E-state index in [9.17, 15) is 4.79 Å². The number of carbonyl (C=O) groups excluding carboxylic acids is 1. The predicted octanol–water partition coefficient (Wildman–Crippen LogP) is 1.10. The summed E-state index contributed by atoms with van der Waals surface area (Å²) >= 11 is 0. The lowest BCUT2D eigenvalue weighted by molar-refractivity contribution is -0.135. The molecule has 90 valence electrons. The van der Waals surface area contributed by atoms with Gasteiger partial charge in [-0.15, -0.1) is 0 Å². The molecule has 0 bridgehead atoms. The van der Waals surface area contributed by atoms with Crippen molar-refractivity contribution in [3.8, 4) is 0 Å². The Morgan fingerprint density at radius 2 is 2.00 bits per heavy atom. The molecule has 2 aliphatic heterocycles. The van der Waals surface area contributed by atoms with E-state index in [-0.39, 0.29) is 5.41 Å². The Morgan fingerprint density at radius 3 is 2.69 bits per heavy atom. The second-order valence-electron chi connectivity index (χ2n) is 6.50. The Bertz CT molecular complexity index is 313. The van der Waals surface area contributed by atoms with Gasteiger partial charge in [-0.1, -0.05) is 13.8 Å². The SMILES string of the molecule is CC1(C)CC1C(=O)N1CCC2CNCC2C1. The normalized spacial score (nSPS) is 40.6. The molecule has 3 unspecified atom stereocenters. The number of likely N-dealkylation sites (tertiary alicyclic amines) is 1. The van der Waals surface area contributed by atoms with Crippen molar-refractivity contribution in [1.29, 1.82) is 0 Å². The van der Waals surface area contributed by atoms with Crippen molar-refractivity contribution in [2.24, 2.45) is 23.2 Å². The maximum Gasteiger partial charge on any atom is 0.226 e. The minimum atomic E-state index is 0.280. The topological polar surface area (TPSA) is 32.3 Å². The third kappa shape index (κ3) is 1.65. The zero-order valence-corrected chi connectivity index (χ0v) is 10.3. The number of nitrogens with zero attached hydrogens (tertiary/aromatic N) is 1. The van der Waals surface area contributed by atoms with Crippen LogP contribution in [0.3, 0.4) is 0 Å². The smallest absolute Gasteiger partial charge is 0.226 e. The third-order valence-electron chi connectivity index (χ3n) is 4.83. The second-order valence-corrected chi connectivity index (χ2v) is 6.50. The maximum absolute atomic E-state index is 12.3. The molecule has 1 N–H and O–H groups in total. The number of hydrogen-bond acceptors (Lipinski definition) is 2. The molecule has 1 aliphatic carbocycles. The van der Waals surface area contributed by atoms with Crippen molar-refractivity contribution in [3.63, 3.8) is 0 Å². The first-order valence-electron chi connectivity index (χ1n) is 6.57. The van der Waals surface area contributed by atoms with Crippen LogP contribution in [0.25, 0.3) is 0 Å². The van der Waals surface area contributed by atoms with E-state index in [0.29, 0.717) is 11.8 Å². The van der Waals surface area contributed by atoms with E-state index in [2.05, 4.69) is 24.1 Å². The summed E-state index contributed by atoms with van der Waals surface area (Å²) in [5.74, 6) is 2.30. The van der Waals surface area contributed by atoms with Crippen molar-refractivity contribution in [2.45, 2.75) is 26.7 Å². The molecule has 0 aromatic heterocycles. The van der Waals surface area contributed by atoms with Crippen LogP contribution in [-0.2, 0) is 4.79 Å². The molecule has 3 rings (SSSR count). The van der Waals surface area contributed by atoms with E-state index in [1.165, 1.54) is 13.0 Å². The molecule has 16 heavy (non-hydrogen) atoms. The zero-order valence-electron chi connectivity index (χ0n) is 10.3. The standard InChI is InChI=1S/C13H22N2O/c1-13(2)5-11(13)12(16)15-4-3-9-6-14-7-10(9)8-15/h9-11,14H,3-8H2,1-2H3. The van der Waals surface area contributed by atoms with Gasteiger partial charge in [0.1, 0.15) is 0 Å². The van der Waals surface area contributed by atoms with Gasteiger partial charge in [-0.3, -0.25) is 4.79 Å². The summed E-state index contributed by atoms with van der Waals surface area (Å²) in [6.45, 7) is 8.69. The van der Waals surface area contributed by atoms with E-state index >= 15 is 0 Å². The molecule has 3 aliphatic rings. The molecule has 1 saturated carbocycles. The van der Waals surface area contributed by atoms with Gasteiger partial charge in [-0.05, 0) is 43.2 Å². The molecule has 2 saturated heterocycles. The van der Waals surface area contributed by atoms with Gasteiger partial charge in [-0.2, -0.15) is 0 Å². The van der Waals surface area contributed by atoms with Crippen LogP contribution in [0.5, 0.6) is 0 Å². The quantitative estimate of drug-likeness (QED) is 0.720. The molecule has 0 spiro atoms. The average molecular weight is 222 g/mol. The molecule has 3 nitrogen and oxygen atoms in total. The molecule has 2 heterocycles. The number of rotatable bonds is 1. The van der Waals surface area contributed by atoms with Gasteiger partial charge >= 0.3 is 0 Å². The van der Waals surface area contributed by atoms with Crippen molar-refractivity contribution in [2.75, 3.05) is 26.2 Å². The first kappa shape index (κ1) is 10.6. The Balaban J connectivity index is 1.62. The number of piperidine rings is 1. The van der Waals surface area contributed by atoms with Crippen molar-refractivity contribution >= 4 is 5.91 Å². The van der Waals surface area contributed by atoms with E-state index in [1.807, 2.05) is 0 Å². The summed E-state index contributed by atoms with van der Waals surface area (Å²) in [7, 11) is 0. The Labute approximate surface area is 97.6 Å². The van der Waals surface area contributed by atoms with E-state index in [4.69, 9.17) is 0 Å². The summed E-state index contributed by atoms with van der Waals surface area (Å²) in [5, 5.41) is 3.45. The van der Waals surface area contributed by atoms with Crippen LogP contribution >= 0.6 is 0 Å². The van der Waals surface area contributed by atoms with Crippen LogP contribution in [0, 0.1) is 23.2 Å². The monoisotopic (exact) mass is 222 g/mol. The minimum absolute atomic E-state index is 0.280. The summed E-state index contributed by atoms with van der Waals surface area (Å²) in [4.78, 5) is 14.4. The molecule has 0 radical (unpaired) electrons. The zero-order chi connectivity index (χ0) is 11.3. The van der Waals surface area contributed by atoms with Gasteiger partial charge in [-0.25, -0.2) is 0 Å². The molecule has 3 fully saturated rings. The fourth-order valence-electron chi connectivity index (χ4n) is 3.34. The van der Waals surface area contributed by atoms with Crippen LogP contribution in [-0.4, -0.2) is 37.0 Å². The van der Waals surface area contributed by atoms with E-state index in [1.54, 1.807) is 0 Å². The summed E-state index contributed by atoms with van der Waals surface area (Å²) < 4.78 is 0. The highest BCUT2D eigenvalue weighted by Crippen LogP contribution is 2.52. The largest absolute Gasteiger partial charge is 0.342 e. The summed E-state index contributed by atoms with van der Waals surface area (Å²) in [6, 6.07) is 0. The number of amides is 1. The Hall–Kier alpha value is -0.570. The van der Waals surface area contributed by atoms with Gasteiger partial charge < -0.3 is 10.2 Å². The maximum atomic E-state index is 12.3. The minimum Gasteiger partial charge on any atom is -0.342 e. The van der Waals surface area contributed by atoms with Gasteiger partial charge in [0.05, 0.1) is 0 Å². The van der Waals surface area contributed by atoms with Gasteiger partial charge in [0.25, 0.3) is 0 Å². The highest BCUT2D eigenvalue weighted by molar-refractivity contribution is 5.82. The van der Waals surface area contributed by atoms with Crippen LogP contribution < -0.4 is 5.32 Å². The highest BCUT2D eigenvalue weighted by Gasteiger charge is 2.52. The molecular formula is C13H22N2O. The molecule has 0 aromatic rings. The van der Waals surface area contributed by atoms with Crippen LogP contribution in [0.15, 0.2) is 0 Å². The lowest BCUT2D eigenvalue weighted by Crippen LogP contribution is -2.44. The van der Waals surface area contributed by atoms with Gasteiger partial charge in [0.15, 0.2) is 0 Å². The Morgan fingerprint density at radius 1 is 1.31 bits per heavy atom. The lowest BCUT2D eigenvalue weighted by atomic mass is 9.88. The molecule has 3 heteroatoms. The fourth-order valence-corrected chi connectivity index (χ4v) is 3.34.